The van der Waals surface area contributed by atoms with Crippen molar-refractivity contribution in [2.45, 2.75) is 25.7 Å². The molecule has 1 amide bonds. The van der Waals surface area contributed by atoms with Gasteiger partial charge in [-0.2, -0.15) is 0 Å². The van der Waals surface area contributed by atoms with Crippen molar-refractivity contribution in [3.05, 3.63) is 54.8 Å². The van der Waals surface area contributed by atoms with E-state index < -0.39 is 0 Å². The van der Waals surface area contributed by atoms with Gasteiger partial charge >= 0.3 is 0 Å². The molecule has 0 saturated heterocycles. The summed E-state index contributed by atoms with van der Waals surface area (Å²) in [5.41, 5.74) is 2.20. The lowest BCUT2D eigenvalue weighted by molar-refractivity contribution is -0.132. The van der Waals surface area contributed by atoms with Gasteiger partial charge in [-0.05, 0) is 37.5 Å². The van der Waals surface area contributed by atoms with Crippen LogP contribution in [0.1, 0.15) is 24.2 Å². The molecule has 1 aliphatic carbocycles. The average molecular weight is 325 g/mol. The zero-order chi connectivity index (χ0) is 16.9. The number of amides is 1. The molecule has 24 heavy (non-hydrogen) atoms. The molecule has 0 atom stereocenters. The highest BCUT2D eigenvalue weighted by Gasteiger charge is 2.18. The van der Waals surface area contributed by atoms with Gasteiger partial charge in [0.05, 0.1) is 0 Å². The molecule has 0 unspecified atom stereocenters. The third-order valence-corrected chi connectivity index (χ3v) is 4.34. The first-order chi connectivity index (χ1) is 11.7. The fraction of sp³-hybridized carbons (Fsp3) is 0.350. The molecule has 4 heteroatoms. The first-order valence-electron chi connectivity index (χ1n) is 8.39. The van der Waals surface area contributed by atoms with Crippen LogP contribution in [-0.4, -0.2) is 30.5 Å². The maximum atomic E-state index is 12.2. The minimum absolute atomic E-state index is 0.00717. The van der Waals surface area contributed by atoms with E-state index in [4.69, 9.17) is 9.15 Å². The van der Waals surface area contributed by atoms with Gasteiger partial charge in [-0.3, -0.25) is 4.79 Å². The zero-order valence-electron chi connectivity index (χ0n) is 13.9. The van der Waals surface area contributed by atoms with E-state index >= 15 is 0 Å². The Labute approximate surface area is 142 Å². The number of fused-ring (bicyclic) bond motifs is 3. The van der Waals surface area contributed by atoms with Crippen LogP contribution in [0.4, 0.5) is 0 Å². The van der Waals surface area contributed by atoms with Crippen molar-refractivity contribution >= 4 is 16.9 Å². The van der Waals surface area contributed by atoms with E-state index in [-0.39, 0.29) is 12.5 Å². The number of carbonyl (C=O) groups excluding carboxylic acids is 1. The van der Waals surface area contributed by atoms with Gasteiger partial charge in [-0.15, -0.1) is 13.2 Å². The molecule has 126 valence electrons. The summed E-state index contributed by atoms with van der Waals surface area (Å²) in [6.07, 6.45) is 7.85. The molecule has 0 fully saturated rings. The highest BCUT2D eigenvalue weighted by atomic mass is 16.5. The van der Waals surface area contributed by atoms with Gasteiger partial charge in [0.1, 0.15) is 17.1 Å². The summed E-state index contributed by atoms with van der Waals surface area (Å²) in [5.74, 6) is 1.72. The third kappa shape index (κ3) is 3.37. The number of furan rings is 1. The monoisotopic (exact) mass is 325 g/mol. The number of rotatable bonds is 7. The number of carbonyl (C=O) groups is 1. The van der Waals surface area contributed by atoms with Crippen LogP contribution in [0, 0.1) is 0 Å². The van der Waals surface area contributed by atoms with Crippen molar-refractivity contribution in [2.24, 2.45) is 0 Å². The molecule has 1 heterocycles. The Kier molecular flexibility index (Phi) is 5.04. The van der Waals surface area contributed by atoms with Gasteiger partial charge in [0.2, 0.25) is 0 Å². The summed E-state index contributed by atoms with van der Waals surface area (Å²) >= 11 is 0. The minimum atomic E-state index is -0.0795. The molecule has 0 N–H and O–H groups in total. The second-order valence-electron chi connectivity index (χ2n) is 6.03. The number of hydrogen-bond donors (Lipinski definition) is 0. The minimum Gasteiger partial charge on any atom is -0.484 e. The largest absolute Gasteiger partial charge is 0.484 e. The maximum absolute atomic E-state index is 12.2. The van der Waals surface area contributed by atoms with Crippen molar-refractivity contribution in [1.29, 1.82) is 0 Å². The molecule has 1 aromatic carbocycles. The van der Waals surface area contributed by atoms with Crippen molar-refractivity contribution in [1.82, 2.24) is 4.90 Å². The standard InChI is InChI=1S/C20H23NO3/c1-3-11-21(12-4-2)20(22)14-23-15-9-10-19-17(13-15)16-7-5-6-8-18(16)24-19/h3-4,9-10,13H,1-2,5-8,11-12,14H2. The molecule has 0 saturated carbocycles. The Morgan fingerprint density at radius 2 is 1.96 bits per heavy atom. The van der Waals surface area contributed by atoms with E-state index in [1.807, 2.05) is 18.2 Å². The van der Waals surface area contributed by atoms with Gasteiger partial charge in [0.25, 0.3) is 5.91 Å². The number of aryl methyl sites for hydroxylation is 2. The van der Waals surface area contributed by atoms with Crippen LogP contribution in [0.5, 0.6) is 5.75 Å². The Balaban J connectivity index is 1.72. The fourth-order valence-electron chi connectivity index (χ4n) is 3.16. The lowest BCUT2D eigenvalue weighted by Gasteiger charge is -2.19. The van der Waals surface area contributed by atoms with E-state index in [1.54, 1.807) is 17.1 Å². The second-order valence-corrected chi connectivity index (χ2v) is 6.03. The fourth-order valence-corrected chi connectivity index (χ4v) is 3.16. The van der Waals surface area contributed by atoms with Crippen LogP contribution in [0.25, 0.3) is 11.0 Å². The van der Waals surface area contributed by atoms with Crippen LogP contribution >= 0.6 is 0 Å². The Morgan fingerprint density at radius 1 is 1.21 bits per heavy atom. The first kappa shape index (κ1) is 16.4. The molecule has 2 aromatic rings. The van der Waals surface area contributed by atoms with Crippen LogP contribution in [0.3, 0.4) is 0 Å². The molecule has 1 aliphatic rings. The molecule has 0 aliphatic heterocycles. The van der Waals surface area contributed by atoms with Crippen molar-refractivity contribution in [2.75, 3.05) is 19.7 Å². The third-order valence-electron chi connectivity index (χ3n) is 4.34. The molecule has 1 aromatic heterocycles. The lowest BCUT2D eigenvalue weighted by Crippen LogP contribution is -2.35. The first-order valence-corrected chi connectivity index (χ1v) is 8.39. The van der Waals surface area contributed by atoms with E-state index in [1.165, 1.54) is 18.4 Å². The van der Waals surface area contributed by atoms with Crippen molar-refractivity contribution < 1.29 is 13.9 Å². The highest BCUT2D eigenvalue weighted by Crippen LogP contribution is 2.33. The van der Waals surface area contributed by atoms with Gasteiger partial charge in [0.15, 0.2) is 6.61 Å². The lowest BCUT2D eigenvalue weighted by atomic mass is 9.96. The van der Waals surface area contributed by atoms with Gasteiger partial charge in [-0.25, -0.2) is 0 Å². The summed E-state index contributed by atoms with van der Waals surface area (Å²) in [6, 6.07) is 5.77. The molecule has 4 nitrogen and oxygen atoms in total. The summed E-state index contributed by atoms with van der Waals surface area (Å²) in [7, 11) is 0. The predicted octanol–water partition coefficient (Wildman–Crippen LogP) is 3.89. The summed E-state index contributed by atoms with van der Waals surface area (Å²) in [5, 5.41) is 1.11. The average Bonchev–Trinajstić information content (AvgIpc) is 2.97. The summed E-state index contributed by atoms with van der Waals surface area (Å²) < 4.78 is 11.6. The second kappa shape index (κ2) is 7.39. The van der Waals surface area contributed by atoms with Crippen LogP contribution < -0.4 is 4.74 Å². The van der Waals surface area contributed by atoms with E-state index in [0.717, 1.165) is 29.6 Å². The van der Waals surface area contributed by atoms with Crippen LogP contribution in [0.15, 0.2) is 47.9 Å². The Hall–Kier alpha value is -2.49. The van der Waals surface area contributed by atoms with Gasteiger partial charge in [0, 0.05) is 30.5 Å². The smallest absolute Gasteiger partial charge is 0.261 e. The number of benzene rings is 1. The van der Waals surface area contributed by atoms with Gasteiger partial charge in [-0.1, -0.05) is 12.2 Å². The van der Waals surface area contributed by atoms with Crippen molar-refractivity contribution in [3.8, 4) is 5.75 Å². The van der Waals surface area contributed by atoms with E-state index in [0.29, 0.717) is 18.8 Å². The number of ether oxygens (including phenoxy) is 1. The van der Waals surface area contributed by atoms with E-state index in [9.17, 15) is 4.79 Å². The van der Waals surface area contributed by atoms with Crippen LogP contribution in [-0.2, 0) is 17.6 Å². The van der Waals surface area contributed by atoms with Gasteiger partial charge < -0.3 is 14.1 Å². The molecular weight excluding hydrogens is 302 g/mol. The number of hydrogen-bond acceptors (Lipinski definition) is 3. The molecule has 0 spiro atoms. The van der Waals surface area contributed by atoms with Crippen LogP contribution in [0.2, 0.25) is 0 Å². The zero-order valence-corrected chi connectivity index (χ0v) is 13.9. The molecule has 0 bridgehead atoms. The maximum Gasteiger partial charge on any atom is 0.261 e. The van der Waals surface area contributed by atoms with E-state index in [2.05, 4.69) is 13.2 Å². The highest BCUT2D eigenvalue weighted by molar-refractivity contribution is 5.84. The summed E-state index contributed by atoms with van der Waals surface area (Å²) in [4.78, 5) is 13.9. The normalized spacial score (nSPS) is 13.3. The topological polar surface area (TPSA) is 42.7 Å². The molecule has 0 radical (unpaired) electrons. The molecule has 3 rings (SSSR count). The van der Waals surface area contributed by atoms with Crippen molar-refractivity contribution in [3.63, 3.8) is 0 Å². The SMILES string of the molecule is C=CCN(CC=C)C(=O)COc1ccc2oc3c(c2c1)CCCC3. The quantitative estimate of drug-likeness (QED) is 0.725. The number of nitrogens with zero attached hydrogens (tertiary/aromatic N) is 1. The summed E-state index contributed by atoms with van der Waals surface area (Å²) in [6.45, 7) is 8.33. The molecular formula is C20H23NO3. The Bertz CT molecular complexity index is 750. The Morgan fingerprint density at radius 3 is 2.71 bits per heavy atom. The predicted molar refractivity (Wildman–Crippen MR) is 95.3 cm³/mol.